The van der Waals surface area contributed by atoms with Crippen LogP contribution in [-0.4, -0.2) is 55.4 Å². The molecule has 0 aromatic carbocycles. The number of pyridine rings is 2. The van der Waals surface area contributed by atoms with Crippen LogP contribution in [-0.2, 0) is 6.54 Å². The van der Waals surface area contributed by atoms with Crippen molar-refractivity contribution in [3.8, 4) is 11.3 Å². The Balaban J connectivity index is 1.42. The summed E-state index contributed by atoms with van der Waals surface area (Å²) in [5.41, 5.74) is 10.9. The molecule has 29 heavy (non-hydrogen) atoms. The van der Waals surface area contributed by atoms with Gasteiger partial charge in [0, 0.05) is 75.0 Å². The van der Waals surface area contributed by atoms with Gasteiger partial charge in [-0.1, -0.05) is 0 Å². The van der Waals surface area contributed by atoms with E-state index >= 15 is 0 Å². The summed E-state index contributed by atoms with van der Waals surface area (Å²) < 4.78 is 2.11. The lowest BCUT2D eigenvalue weighted by Gasteiger charge is -2.34. The fourth-order valence-corrected chi connectivity index (χ4v) is 3.77. The summed E-state index contributed by atoms with van der Waals surface area (Å²) in [7, 11) is 0. The van der Waals surface area contributed by atoms with E-state index in [0.29, 0.717) is 0 Å². The molecule has 0 atom stereocenters. The molecule has 5 rings (SSSR count). The normalized spacial score (nSPS) is 15.1. The Kier molecular flexibility index (Phi) is 4.53. The fourth-order valence-electron chi connectivity index (χ4n) is 3.77. The van der Waals surface area contributed by atoms with Gasteiger partial charge in [-0.25, -0.2) is 15.0 Å². The minimum atomic E-state index is 0.725. The van der Waals surface area contributed by atoms with Crippen LogP contribution in [0.3, 0.4) is 0 Å². The van der Waals surface area contributed by atoms with Gasteiger partial charge in [-0.3, -0.25) is 9.88 Å². The zero-order chi connectivity index (χ0) is 19.6. The highest BCUT2D eigenvalue weighted by Gasteiger charge is 2.22. The highest BCUT2D eigenvalue weighted by molar-refractivity contribution is 5.67. The van der Waals surface area contributed by atoms with Crippen LogP contribution in [0.4, 0.5) is 11.6 Å². The molecule has 0 saturated carbocycles. The average molecular weight is 386 g/mol. The Morgan fingerprint density at radius 1 is 0.897 bits per heavy atom. The Morgan fingerprint density at radius 2 is 1.66 bits per heavy atom. The molecule has 0 radical (unpaired) electrons. The number of fused-ring (bicyclic) bond motifs is 1. The van der Waals surface area contributed by atoms with Gasteiger partial charge in [0.2, 0.25) is 5.95 Å². The molecule has 4 aromatic heterocycles. The van der Waals surface area contributed by atoms with Crippen LogP contribution in [0.5, 0.6) is 0 Å². The second kappa shape index (κ2) is 7.48. The number of nitrogens with two attached hydrogens (primary N) is 1. The van der Waals surface area contributed by atoms with Gasteiger partial charge < -0.3 is 15.0 Å². The SMILES string of the molecule is Nc1ccc2nc(-c3ccncc3)c(CN3CCN(c4ncccn4)CC3)n2c1. The topological polar surface area (TPSA) is 88.5 Å². The van der Waals surface area contributed by atoms with E-state index in [4.69, 9.17) is 10.7 Å². The quantitative estimate of drug-likeness (QED) is 0.574. The van der Waals surface area contributed by atoms with Gasteiger partial charge in [0.1, 0.15) is 5.65 Å². The first kappa shape index (κ1) is 17.6. The monoisotopic (exact) mass is 386 g/mol. The van der Waals surface area contributed by atoms with Crippen molar-refractivity contribution in [2.75, 3.05) is 36.8 Å². The molecule has 146 valence electrons. The van der Waals surface area contributed by atoms with Crippen LogP contribution in [0.15, 0.2) is 61.3 Å². The van der Waals surface area contributed by atoms with Crippen LogP contribution < -0.4 is 10.6 Å². The number of nitrogens with zero attached hydrogens (tertiary/aromatic N) is 7. The summed E-state index contributed by atoms with van der Waals surface area (Å²) in [5, 5.41) is 0. The number of imidazole rings is 1. The maximum Gasteiger partial charge on any atom is 0.225 e. The molecule has 2 N–H and O–H groups in total. The molecule has 0 bridgehead atoms. The minimum Gasteiger partial charge on any atom is -0.398 e. The smallest absolute Gasteiger partial charge is 0.225 e. The van der Waals surface area contributed by atoms with E-state index in [0.717, 1.165) is 67.0 Å². The van der Waals surface area contributed by atoms with Crippen LogP contribution in [0.25, 0.3) is 16.9 Å². The summed E-state index contributed by atoms with van der Waals surface area (Å²) in [6.45, 7) is 4.46. The number of anilines is 2. The zero-order valence-electron chi connectivity index (χ0n) is 16.0. The van der Waals surface area contributed by atoms with Gasteiger partial charge in [-0.15, -0.1) is 0 Å². The second-order valence-corrected chi connectivity index (χ2v) is 7.15. The second-order valence-electron chi connectivity index (χ2n) is 7.15. The van der Waals surface area contributed by atoms with Gasteiger partial charge in [0.25, 0.3) is 0 Å². The number of aromatic nitrogens is 5. The zero-order valence-corrected chi connectivity index (χ0v) is 16.0. The third-order valence-electron chi connectivity index (χ3n) is 5.27. The maximum atomic E-state index is 6.06. The van der Waals surface area contributed by atoms with E-state index in [1.54, 1.807) is 24.8 Å². The lowest BCUT2D eigenvalue weighted by Crippen LogP contribution is -2.46. The third kappa shape index (κ3) is 3.50. The summed E-state index contributed by atoms with van der Waals surface area (Å²) in [6, 6.07) is 9.70. The number of nitrogen functional groups attached to an aromatic ring is 1. The Morgan fingerprint density at radius 3 is 2.41 bits per heavy atom. The highest BCUT2D eigenvalue weighted by atomic mass is 15.3. The first-order chi connectivity index (χ1) is 14.3. The largest absolute Gasteiger partial charge is 0.398 e. The van der Waals surface area contributed by atoms with Crippen LogP contribution in [0, 0.1) is 0 Å². The number of hydrogen-bond acceptors (Lipinski definition) is 7. The van der Waals surface area contributed by atoms with Crippen LogP contribution in [0.1, 0.15) is 5.69 Å². The standard InChI is InChI=1S/C21H22N8/c22-17-2-3-19-26-20(16-4-8-23-9-5-16)18(29(19)14-17)15-27-10-12-28(13-11-27)21-24-6-1-7-25-21/h1-9,14H,10-13,15,22H2. The molecule has 1 fully saturated rings. The molecular weight excluding hydrogens is 364 g/mol. The predicted octanol–water partition coefficient (Wildman–Crippen LogP) is 2.09. The lowest BCUT2D eigenvalue weighted by molar-refractivity contribution is 0.245. The molecule has 5 heterocycles. The van der Waals surface area contributed by atoms with Crippen molar-refractivity contribution < 1.29 is 0 Å². The minimum absolute atomic E-state index is 0.725. The first-order valence-corrected chi connectivity index (χ1v) is 9.69. The fraction of sp³-hybridized carbons (Fsp3) is 0.238. The molecule has 0 spiro atoms. The Labute approximate surface area is 168 Å². The van der Waals surface area contributed by atoms with E-state index < -0.39 is 0 Å². The van der Waals surface area contributed by atoms with Crippen LogP contribution in [0.2, 0.25) is 0 Å². The molecule has 0 unspecified atom stereocenters. The molecule has 8 heteroatoms. The van der Waals surface area contributed by atoms with Crippen molar-refractivity contribution in [1.29, 1.82) is 0 Å². The number of piperazine rings is 1. The van der Waals surface area contributed by atoms with Gasteiger partial charge in [0.15, 0.2) is 0 Å². The predicted molar refractivity (Wildman–Crippen MR) is 112 cm³/mol. The van der Waals surface area contributed by atoms with Gasteiger partial charge in [-0.05, 0) is 30.3 Å². The van der Waals surface area contributed by atoms with Gasteiger partial charge in [0.05, 0.1) is 11.4 Å². The average Bonchev–Trinajstić information content (AvgIpc) is 3.13. The van der Waals surface area contributed by atoms with Crippen molar-refractivity contribution in [2.24, 2.45) is 0 Å². The highest BCUT2D eigenvalue weighted by Crippen LogP contribution is 2.26. The van der Waals surface area contributed by atoms with Crippen molar-refractivity contribution in [1.82, 2.24) is 29.2 Å². The van der Waals surface area contributed by atoms with E-state index in [9.17, 15) is 0 Å². The molecule has 1 aliphatic rings. The van der Waals surface area contributed by atoms with Crippen molar-refractivity contribution in [3.63, 3.8) is 0 Å². The summed E-state index contributed by atoms with van der Waals surface area (Å²) in [5.74, 6) is 0.798. The van der Waals surface area contributed by atoms with E-state index in [2.05, 4.69) is 29.2 Å². The molecule has 0 aliphatic carbocycles. The number of rotatable bonds is 4. The van der Waals surface area contributed by atoms with Crippen molar-refractivity contribution in [2.45, 2.75) is 6.54 Å². The van der Waals surface area contributed by atoms with Crippen molar-refractivity contribution in [3.05, 3.63) is 67.0 Å². The molecule has 8 nitrogen and oxygen atoms in total. The number of hydrogen-bond donors (Lipinski definition) is 1. The molecule has 0 amide bonds. The van der Waals surface area contributed by atoms with Gasteiger partial charge >= 0.3 is 0 Å². The molecular formula is C21H22N8. The Hall–Kier alpha value is -3.52. The third-order valence-corrected chi connectivity index (χ3v) is 5.27. The van der Waals surface area contributed by atoms with Crippen LogP contribution >= 0.6 is 0 Å². The molecule has 4 aromatic rings. The molecule has 1 saturated heterocycles. The summed E-state index contributed by atoms with van der Waals surface area (Å²) >= 11 is 0. The van der Waals surface area contributed by atoms with Crippen molar-refractivity contribution >= 4 is 17.3 Å². The van der Waals surface area contributed by atoms with E-state index in [1.165, 1.54) is 0 Å². The molecule has 1 aliphatic heterocycles. The van der Waals surface area contributed by atoms with E-state index in [-0.39, 0.29) is 0 Å². The van der Waals surface area contributed by atoms with E-state index in [1.807, 2.05) is 36.5 Å². The van der Waals surface area contributed by atoms with Gasteiger partial charge in [-0.2, -0.15) is 0 Å². The Bertz CT molecular complexity index is 1100. The maximum absolute atomic E-state index is 6.06. The summed E-state index contributed by atoms with van der Waals surface area (Å²) in [6.07, 6.45) is 9.14. The lowest BCUT2D eigenvalue weighted by atomic mass is 10.1. The first-order valence-electron chi connectivity index (χ1n) is 9.69. The summed E-state index contributed by atoms with van der Waals surface area (Å²) in [4.78, 5) is 22.4.